The number of hydrogen-bond donors (Lipinski definition) is 3. The van der Waals surface area contributed by atoms with E-state index in [0.29, 0.717) is 5.56 Å². The highest BCUT2D eigenvalue weighted by Gasteiger charge is 2.38. The zero-order valence-corrected chi connectivity index (χ0v) is 12.9. The van der Waals surface area contributed by atoms with Crippen molar-refractivity contribution < 1.29 is 22.8 Å². The van der Waals surface area contributed by atoms with Gasteiger partial charge in [-0.1, -0.05) is 24.3 Å². The number of nitrogens with two attached hydrogens (primary N) is 2. The third kappa shape index (κ3) is 4.46. The number of hydrogen-bond acceptors (Lipinski definition) is 4. The summed E-state index contributed by atoms with van der Waals surface area (Å²) < 4.78 is 39.4. The van der Waals surface area contributed by atoms with E-state index >= 15 is 0 Å². The monoisotopic (exact) mass is 352 g/mol. The number of rotatable bonds is 5. The van der Waals surface area contributed by atoms with E-state index in [0.717, 1.165) is 12.1 Å². The molecular weight excluding hydrogens is 337 g/mol. The van der Waals surface area contributed by atoms with Crippen LogP contribution in [0, 0.1) is 0 Å². The molecular formula is C16H15F3N4O2. The maximum atomic E-state index is 13.1. The summed E-state index contributed by atoms with van der Waals surface area (Å²) >= 11 is 0. The smallest absolute Gasteiger partial charge is 0.384 e. The van der Waals surface area contributed by atoms with Crippen LogP contribution in [0.2, 0.25) is 0 Å². The first-order valence-corrected chi connectivity index (χ1v) is 7.13. The number of nitrogens with one attached hydrogen (secondary N) is 1. The van der Waals surface area contributed by atoms with Crippen molar-refractivity contribution in [1.29, 1.82) is 0 Å². The highest BCUT2D eigenvalue weighted by molar-refractivity contribution is 6.05. The van der Waals surface area contributed by atoms with E-state index in [-0.39, 0.29) is 12.4 Å². The molecule has 1 aromatic heterocycles. The summed E-state index contributed by atoms with van der Waals surface area (Å²) in [5.74, 6) is -3.59. The molecule has 2 rings (SSSR count). The largest absolute Gasteiger partial charge is 0.416 e. The average Bonchev–Trinajstić information content (AvgIpc) is 2.53. The summed E-state index contributed by atoms with van der Waals surface area (Å²) in [6.07, 6.45) is -3.32. The predicted molar refractivity (Wildman–Crippen MR) is 83.9 cm³/mol. The molecule has 0 unspecified atom stereocenters. The van der Waals surface area contributed by atoms with E-state index in [1.54, 1.807) is 6.07 Å². The van der Waals surface area contributed by atoms with Gasteiger partial charge in [0.25, 0.3) is 0 Å². The lowest BCUT2D eigenvalue weighted by molar-refractivity contribution is -0.139. The van der Waals surface area contributed by atoms with Gasteiger partial charge in [0.05, 0.1) is 5.56 Å². The molecule has 1 heterocycles. The number of nitrogen functional groups attached to an aromatic ring is 1. The van der Waals surface area contributed by atoms with E-state index in [9.17, 15) is 22.8 Å². The van der Waals surface area contributed by atoms with Gasteiger partial charge in [-0.3, -0.25) is 9.59 Å². The van der Waals surface area contributed by atoms with Crippen molar-refractivity contribution >= 4 is 17.6 Å². The van der Waals surface area contributed by atoms with E-state index in [1.165, 1.54) is 24.4 Å². The topological polar surface area (TPSA) is 111 Å². The van der Waals surface area contributed by atoms with Crippen LogP contribution in [0.4, 0.5) is 19.0 Å². The first-order valence-electron chi connectivity index (χ1n) is 7.13. The molecule has 2 aromatic rings. The van der Waals surface area contributed by atoms with Gasteiger partial charge in [0.1, 0.15) is 11.7 Å². The first kappa shape index (κ1) is 18.2. The Morgan fingerprint density at radius 3 is 2.40 bits per heavy atom. The minimum atomic E-state index is -4.72. The lowest BCUT2D eigenvalue weighted by Crippen LogP contribution is -2.37. The molecule has 0 spiro atoms. The minimum Gasteiger partial charge on any atom is -0.384 e. The van der Waals surface area contributed by atoms with Gasteiger partial charge in [0.15, 0.2) is 0 Å². The van der Waals surface area contributed by atoms with Gasteiger partial charge in [0.2, 0.25) is 11.8 Å². The van der Waals surface area contributed by atoms with Gasteiger partial charge in [-0.05, 0) is 23.3 Å². The van der Waals surface area contributed by atoms with Crippen LogP contribution >= 0.6 is 0 Å². The molecule has 1 atom stereocenters. The quantitative estimate of drug-likeness (QED) is 0.709. The van der Waals surface area contributed by atoms with Gasteiger partial charge < -0.3 is 16.8 Å². The summed E-state index contributed by atoms with van der Waals surface area (Å²) in [4.78, 5) is 27.7. The number of carbonyl (C=O) groups excluding carboxylic acids is 2. The van der Waals surface area contributed by atoms with Gasteiger partial charge in [-0.25, -0.2) is 4.98 Å². The van der Waals surface area contributed by atoms with E-state index in [4.69, 9.17) is 11.5 Å². The molecule has 0 aliphatic heterocycles. The lowest BCUT2D eigenvalue weighted by atomic mass is 9.92. The van der Waals surface area contributed by atoms with Crippen LogP contribution in [0.25, 0.3) is 0 Å². The van der Waals surface area contributed by atoms with Crippen molar-refractivity contribution in [1.82, 2.24) is 10.3 Å². The average molecular weight is 352 g/mol. The number of primary amides is 1. The second-order valence-electron chi connectivity index (χ2n) is 5.23. The number of anilines is 1. The van der Waals surface area contributed by atoms with E-state index in [1.807, 2.05) is 0 Å². The zero-order valence-electron chi connectivity index (χ0n) is 12.9. The molecule has 0 aliphatic carbocycles. The Bertz CT molecular complexity index is 776. The van der Waals surface area contributed by atoms with E-state index < -0.39 is 35.0 Å². The third-order valence-electron chi connectivity index (χ3n) is 3.44. The van der Waals surface area contributed by atoms with Gasteiger partial charge in [-0.2, -0.15) is 13.2 Å². The van der Waals surface area contributed by atoms with Crippen LogP contribution in [0.5, 0.6) is 0 Å². The number of amides is 2. The number of nitrogens with zero attached hydrogens (tertiary/aromatic N) is 1. The van der Waals surface area contributed by atoms with Gasteiger partial charge >= 0.3 is 6.18 Å². The summed E-state index contributed by atoms with van der Waals surface area (Å²) in [6, 6.07) is 7.42. The SMILES string of the molecule is NC(=O)[C@@H](C(=O)NCc1ccc(N)nc1)c1ccccc1C(F)(F)F. The maximum absolute atomic E-state index is 13.1. The van der Waals surface area contributed by atoms with Crippen molar-refractivity contribution in [3.8, 4) is 0 Å². The van der Waals surface area contributed by atoms with Crippen molar-refractivity contribution in [2.24, 2.45) is 5.73 Å². The van der Waals surface area contributed by atoms with Crippen LogP contribution in [-0.2, 0) is 22.3 Å². The number of benzene rings is 1. The Kier molecular flexibility index (Phi) is 5.26. The van der Waals surface area contributed by atoms with Crippen molar-refractivity contribution in [2.75, 3.05) is 5.73 Å². The highest BCUT2D eigenvalue weighted by Crippen LogP contribution is 2.35. The maximum Gasteiger partial charge on any atom is 0.416 e. The fraction of sp³-hybridized carbons (Fsp3) is 0.188. The Balaban J connectivity index is 2.25. The molecule has 1 aromatic carbocycles. The van der Waals surface area contributed by atoms with Crippen molar-refractivity contribution in [3.63, 3.8) is 0 Å². The molecule has 6 nitrogen and oxygen atoms in total. The van der Waals surface area contributed by atoms with Crippen molar-refractivity contribution in [3.05, 3.63) is 59.3 Å². The standard InChI is InChI=1S/C16H15F3N4O2/c17-16(18,19)11-4-2-1-3-10(11)13(14(21)24)15(25)23-8-9-5-6-12(20)22-7-9/h1-7,13H,8H2,(H2,20,22)(H2,21,24)(H,23,25)/t13-/m0/s1. The van der Waals surface area contributed by atoms with Crippen LogP contribution in [-0.4, -0.2) is 16.8 Å². The summed E-state index contributed by atoms with van der Waals surface area (Å²) in [6.45, 7) is -0.0376. The molecule has 2 amide bonds. The second kappa shape index (κ2) is 7.20. The number of carbonyl (C=O) groups is 2. The number of alkyl halides is 3. The second-order valence-corrected chi connectivity index (χ2v) is 5.23. The molecule has 0 fully saturated rings. The Morgan fingerprint density at radius 1 is 1.16 bits per heavy atom. The molecule has 9 heteroatoms. The fourth-order valence-electron chi connectivity index (χ4n) is 2.26. The predicted octanol–water partition coefficient (Wildman–Crippen LogP) is 1.57. The Hall–Kier alpha value is -3.10. The molecule has 132 valence electrons. The third-order valence-corrected chi connectivity index (χ3v) is 3.44. The molecule has 0 bridgehead atoms. The number of pyridine rings is 1. The van der Waals surface area contributed by atoms with Crippen LogP contribution in [0.3, 0.4) is 0 Å². The molecule has 0 aliphatic rings. The molecule has 0 saturated heterocycles. The highest BCUT2D eigenvalue weighted by atomic mass is 19.4. The normalized spacial score (nSPS) is 12.4. The zero-order chi connectivity index (χ0) is 18.6. The lowest BCUT2D eigenvalue weighted by Gasteiger charge is -2.19. The Morgan fingerprint density at radius 2 is 1.84 bits per heavy atom. The van der Waals surface area contributed by atoms with Gasteiger partial charge in [0, 0.05) is 12.7 Å². The summed E-state index contributed by atoms with van der Waals surface area (Å²) in [7, 11) is 0. The summed E-state index contributed by atoms with van der Waals surface area (Å²) in [5.41, 5.74) is 9.61. The van der Waals surface area contributed by atoms with Gasteiger partial charge in [-0.15, -0.1) is 0 Å². The van der Waals surface area contributed by atoms with Crippen LogP contribution in [0.15, 0.2) is 42.6 Å². The molecule has 0 radical (unpaired) electrons. The molecule has 5 N–H and O–H groups in total. The molecule has 25 heavy (non-hydrogen) atoms. The summed E-state index contributed by atoms with van der Waals surface area (Å²) in [5, 5.41) is 2.39. The first-order chi connectivity index (χ1) is 11.7. The Labute approximate surface area is 141 Å². The minimum absolute atomic E-state index is 0.0376. The molecule has 0 saturated carbocycles. The van der Waals surface area contributed by atoms with E-state index in [2.05, 4.69) is 10.3 Å². The van der Waals surface area contributed by atoms with Crippen LogP contribution < -0.4 is 16.8 Å². The number of halogens is 3. The number of aromatic nitrogens is 1. The fourth-order valence-corrected chi connectivity index (χ4v) is 2.26. The van der Waals surface area contributed by atoms with Crippen molar-refractivity contribution in [2.45, 2.75) is 18.6 Å². The van der Waals surface area contributed by atoms with Crippen LogP contribution in [0.1, 0.15) is 22.6 Å².